The minimum atomic E-state index is -2.82. The van der Waals surface area contributed by atoms with Crippen LogP contribution in [-0.4, -0.2) is 53.7 Å². The summed E-state index contributed by atoms with van der Waals surface area (Å²) in [6.45, 7) is -0.213. The number of benzene rings is 1. The van der Waals surface area contributed by atoms with Gasteiger partial charge in [-0.3, -0.25) is 9.59 Å². The predicted molar refractivity (Wildman–Crippen MR) is 71.9 cm³/mol. The second-order valence-electron chi connectivity index (χ2n) is 5.75. The van der Waals surface area contributed by atoms with Crippen LogP contribution in [0.1, 0.15) is 16.8 Å². The third kappa shape index (κ3) is 2.67. The van der Waals surface area contributed by atoms with Crippen molar-refractivity contribution in [3.63, 3.8) is 0 Å². The Hall–Kier alpha value is -2.05. The highest BCUT2D eigenvalue weighted by molar-refractivity contribution is 5.96. The Morgan fingerprint density at radius 1 is 1.14 bits per heavy atom. The van der Waals surface area contributed by atoms with Gasteiger partial charge in [-0.2, -0.15) is 0 Å². The van der Waals surface area contributed by atoms with E-state index in [1.165, 1.54) is 23.1 Å². The molecule has 4 nitrogen and oxygen atoms in total. The summed E-state index contributed by atoms with van der Waals surface area (Å²) in [5, 5.41) is 0. The lowest BCUT2D eigenvalue weighted by Gasteiger charge is -2.39. The summed E-state index contributed by atoms with van der Waals surface area (Å²) in [7, 11) is 0. The third-order valence-electron chi connectivity index (χ3n) is 4.10. The smallest absolute Gasteiger partial charge is 0.267 e. The minimum Gasteiger partial charge on any atom is -0.337 e. The molecule has 2 aliphatic heterocycles. The number of likely N-dealkylation sites (tertiary alicyclic amines) is 2. The van der Waals surface area contributed by atoms with E-state index in [0.29, 0.717) is 0 Å². The van der Waals surface area contributed by atoms with Gasteiger partial charge in [0.25, 0.3) is 11.8 Å². The maximum atomic E-state index is 13.5. The van der Waals surface area contributed by atoms with Crippen LogP contribution >= 0.6 is 0 Å². The van der Waals surface area contributed by atoms with Crippen LogP contribution in [0.3, 0.4) is 0 Å². The summed E-state index contributed by atoms with van der Waals surface area (Å²) in [5.74, 6) is -4.73. The van der Waals surface area contributed by atoms with Gasteiger partial charge in [-0.15, -0.1) is 0 Å². The normalized spacial score (nSPS) is 20.9. The molecule has 2 heterocycles. The molecule has 0 unspecified atom stereocenters. The number of rotatable bonds is 2. The molecule has 3 rings (SSSR count). The first-order valence-corrected chi connectivity index (χ1v) is 7.08. The minimum absolute atomic E-state index is 0.0406. The second kappa shape index (κ2) is 5.30. The molecular formula is C15H15F3N2O2. The van der Waals surface area contributed by atoms with E-state index < -0.39 is 30.1 Å². The van der Waals surface area contributed by atoms with Crippen molar-refractivity contribution >= 4 is 11.8 Å². The van der Waals surface area contributed by atoms with E-state index in [4.69, 9.17) is 0 Å². The number of hydrogen-bond acceptors (Lipinski definition) is 2. The molecule has 0 atom stereocenters. The Balaban J connectivity index is 1.57. The zero-order valence-corrected chi connectivity index (χ0v) is 11.8. The van der Waals surface area contributed by atoms with Crippen molar-refractivity contribution in [1.29, 1.82) is 0 Å². The zero-order chi connectivity index (χ0) is 15.9. The van der Waals surface area contributed by atoms with Crippen LogP contribution < -0.4 is 0 Å². The van der Waals surface area contributed by atoms with E-state index in [1.807, 2.05) is 0 Å². The van der Waals surface area contributed by atoms with Gasteiger partial charge in [-0.05, 0) is 12.1 Å². The summed E-state index contributed by atoms with van der Waals surface area (Å²) in [4.78, 5) is 26.7. The van der Waals surface area contributed by atoms with Crippen molar-refractivity contribution in [2.75, 3.05) is 26.2 Å². The topological polar surface area (TPSA) is 40.6 Å². The maximum absolute atomic E-state index is 13.5. The number of alkyl halides is 2. The average Bonchev–Trinajstić information content (AvgIpc) is 2.77. The molecule has 0 spiro atoms. The van der Waals surface area contributed by atoms with E-state index in [9.17, 15) is 22.8 Å². The molecular weight excluding hydrogens is 297 g/mol. The first-order chi connectivity index (χ1) is 10.4. The second-order valence-corrected chi connectivity index (χ2v) is 5.75. The molecule has 0 aliphatic carbocycles. The van der Waals surface area contributed by atoms with E-state index in [2.05, 4.69) is 0 Å². The molecule has 118 valence electrons. The van der Waals surface area contributed by atoms with Gasteiger partial charge in [0.05, 0.1) is 18.0 Å². The number of carbonyl (C=O) groups excluding carboxylic acids is 2. The zero-order valence-electron chi connectivity index (χ0n) is 11.8. The van der Waals surface area contributed by atoms with E-state index in [-0.39, 0.29) is 37.5 Å². The first kappa shape index (κ1) is 14.9. The fourth-order valence-corrected chi connectivity index (χ4v) is 2.79. The summed E-state index contributed by atoms with van der Waals surface area (Å²) in [5.41, 5.74) is -0.0406. The maximum Gasteiger partial charge on any atom is 0.267 e. The van der Waals surface area contributed by atoms with Gasteiger partial charge in [-0.1, -0.05) is 12.1 Å². The van der Waals surface area contributed by atoms with Gasteiger partial charge in [-0.25, -0.2) is 13.2 Å². The Morgan fingerprint density at radius 3 is 2.41 bits per heavy atom. The van der Waals surface area contributed by atoms with Crippen molar-refractivity contribution in [2.24, 2.45) is 5.92 Å². The van der Waals surface area contributed by atoms with Crippen LogP contribution in [0.25, 0.3) is 0 Å². The van der Waals surface area contributed by atoms with Crippen LogP contribution in [0.2, 0.25) is 0 Å². The number of carbonyl (C=O) groups is 2. The standard InChI is InChI=1S/C15H15F3N2O2/c16-12-4-2-1-3-11(12)14(22)20-7-10(8-20)13(21)19-6-5-15(17,18)9-19/h1-4,10H,5-9H2. The number of hydrogen-bond donors (Lipinski definition) is 0. The fourth-order valence-electron chi connectivity index (χ4n) is 2.79. The molecule has 0 N–H and O–H groups in total. The van der Waals surface area contributed by atoms with Crippen LogP contribution in [0.5, 0.6) is 0 Å². The largest absolute Gasteiger partial charge is 0.337 e. The summed E-state index contributed by atoms with van der Waals surface area (Å²) < 4.78 is 39.8. The van der Waals surface area contributed by atoms with Crippen LogP contribution in [0.4, 0.5) is 13.2 Å². The van der Waals surface area contributed by atoms with Crippen molar-refractivity contribution in [3.8, 4) is 0 Å². The quantitative estimate of drug-likeness (QED) is 0.835. The molecule has 1 aromatic carbocycles. The predicted octanol–water partition coefficient (Wildman–Crippen LogP) is 1.77. The van der Waals surface area contributed by atoms with E-state index >= 15 is 0 Å². The van der Waals surface area contributed by atoms with Crippen molar-refractivity contribution in [2.45, 2.75) is 12.3 Å². The van der Waals surface area contributed by atoms with Crippen LogP contribution in [0, 0.1) is 11.7 Å². The highest BCUT2D eigenvalue weighted by Crippen LogP contribution is 2.30. The van der Waals surface area contributed by atoms with Gasteiger partial charge in [0.15, 0.2) is 0 Å². The summed E-state index contributed by atoms with van der Waals surface area (Å²) in [6, 6.07) is 5.63. The van der Waals surface area contributed by atoms with Gasteiger partial charge < -0.3 is 9.80 Å². The molecule has 0 bridgehead atoms. The SMILES string of the molecule is O=C(c1ccccc1F)N1CC(C(=O)N2CCC(F)(F)C2)C1. The highest BCUT2D eigenvalue weighted by atomic mass is 19.3. The van der Waals surface area contributed by atoms with E-state index in [1.54, 1.807) is 6.07 Å². The third-order valence-corrected chi connectivity index (χ3v) is 4.10. The Bertz CT molecular complexity index is 615. The Labute approximate surface area is 125 Å². The van der Waals surface area contributed by atoms with Crippen molar-refractivity contribution in [3.05, 3.63) is 35.6 Å². The van der Waals surface area contributed by atoms with Crippen LogP contribution in [-0.2, 0) is 4.79 Å². The number of nitrogens with zero attached hydrogens (tertiary/aromatic N) is 2. The van der Waals surface area contributed by atoms with Gasteiger partial charge >= 0.3 is 0 Å². The Morgan fingerprint density at radius 2 is 1.82 bits per heavy atom. The highest BCUT2D eigenvalue weighted by Gasteiger charge is 2.45. The molecule has 7 heteroatoms. The molecule has 0 radical (unpaired) electrons. The van der Waals surface area contributed by atoms with E-state index in [0.717, 1.165) is 4.90 Å². The molecule has 0 aromatic heterocycles. The van der Waals surface area contributed by atoms with Gasteiger partial charge in [0, 0.05) is 26.1 Å². The molecule has 2 saturated heterocycles. The summed E-state index contributed by atoms with van der Waals surface area (Å²) in [6.07, 6.45) is -0.316. The monoisotopic (exact) mass is 312 g/mol. The number of amides is 2. The lowest BCUT2D eigenvalue weighted by molar-refractivity contribution is -0.140. The summed E-state index contributed by atoms with van der Waals surface area (Å²) >= 11 is 0. The fraction of sp³-hybridized carbons (Fsp3) is 0.467. The van der Waals surface area contributed by atoms with Crippen molar-refractivity contribution < 1.29 is 22.8 Å². The van der Waals surface area contributed by atoms with Gasteiger partial charge in [0.1, 0.15) is 5.82 Å². The Kier molecular flexibility index (Phi) is 3.58. The lowest BCUT2D eigenvalue weighted by atomic mass is 9.97. The lowest BCUT2D eigenvalue weighted by Crippen LogP contribution is -2.56. The number of halogens is 3. The molecule has 2 fully saturated rings. The van der Waals surface area contributed by atoms with Crippen molar-refractivity contribution in [1.82, 2.24) is 9.80 Å². The molecule has 2 aliphatic rings. The average molecular weight is 312 g/mol. The molecule has 2 amide bonds. The molecule has 1 aromatic rings. The first-order valence-electron chi connectivity index (χ1n) is 7.08. The van der Waals surface area contributed by atoms with Crippen LogP contribution in [0.15, 0.2) is 24.3 Å². The molecule has 22 heavy (non-hydrogen) atoms. The molecule has 0 saturated carbocycles. The van der Waals surface area contributed by atoms with Gasteiger partial charge in [0.2, 0.25) is 5.91 Å².